The van der Waals surface area contributed by atoms with Crippen molar-refractivity contribution in [3.8, 4) is 0 Å². The van der Waals surface area contributed by atoms with Gasteiger partial charge < -0.3 is 20.9 Å². The molecule has 2 saturated heterocycles. The molecular weight excluding hydrogens is 538 g/mol. The monoisotopic (exact) mass is 572 g/mol. The number of nitrogens with two attached hydrogens (primary N) is 1. The van der Waals surface area contributed by atoms with Crippen molar-refractivity contribution in [2.75, 3.05) is 42.5 Å². The van der Waals surface area contributed by atoms with E-state index in [1.165, 1.54) is 18.2 Å². The van der Waals surface area contributed by atoms with Crippen molar-refractivity contribution in [3.05, 3.63) is 47.3 Å². The topological polar surface area (TPSA) is 87.4 Å². The van der Waals surface area contributed by atoms with Crippen LogP contribution in [0.5, 0.6) is 0 Å². The molecule has 4 rings (SSSR count). The van der Waals surface area contributed by atoms with Crippen LogP contribution >= 0.6 is 0 Å². The van der Waals surface area contributed by atoms with Gasteiger partial charge in [-0.15, -0.1) is 0 Å². The zero-order valence-electron chi connectivity index (χ0n) is 22.1. The summed E-state index contributed by atoms with van der Waals surface area (Å²) < 4.78 is 79.6. The maximum atomic E-state index is 13.8. The maximum absolute atomic E-state index is 13.8. The predicted octanol–water partition coefficient (Wildman–Crippen LogP) is 4.80. The fourth-order valence-electron chi connectivity index (χ4n) is 5.34. The molecule has 220 valence electrons. The second kappa shape index (κ2) is 12.6. The highest BCUT2D eigenvalue weighted by molar-refractivity contribution is 5.85. The number of hydrogen-bond donors (Lipinski definition) is 2. The van der Waals surface area contributed by atoms with Gasteiger partial charge in [0.1, 0.15) is 17.7 Å². The summed E-state index contributed by atoms with van der Waals surface area (Å²) in [5.41, 5.74) is 5.47. The SMILES string of the molecule is NCCCC1CCN(c2cc(N3CCC[C@H]3C(=O)NCCc3ccc(C(F)(F)F)cc3)nc(C(F)(F)F)n2)CC1. The van der Waals surface area contributed by atoms with Crippen LogP contribution in [0, 0.1) is 5.92 Å². The van der Waals surface area contributed by atoms with Crippen molar-refractivity contribution in [3.63, 3.8) is 0 Å². The number of aromatic nitrogens is 2. The minimum absolute atomic E-state index is 0.0583. The molecule has 0 unspecified atom stereocenters. The first-order chi connectivity index (χ1) is 19.0. The average Bonchev–Trinajstić information content (AvgIpc) is 3.42. The number of carbonyl (C=O) groups excluding carboxylic acids is 1. The van der Waals surface area contributed by atoms with Gasteiger partial charge in [0.25, 0.3) is 0 Å². The Morgan fingerprint density at radius 3 is 2.25 bits per heavy atom. The van der Waals surface area contributed by atoms with Crippen LogP contribution in [0.3, 0.4) is 0 Å². The standard InChI is InChI=1S/C27H34F6N6O/c28-26(29,30)20-7-5-19(6-8-20)9-13-35-24(40)21-4-2-14-39(21)23-17-22(36-25(37-23)27(31,32)33)38-15-10-18(11-16-38)3-1-12-34/h5-8,17-18,21H,1-4,9-16,34H2,(H,35,40)/t21-/m0/s1. The summed E-state index contributed by atoms with van der Waals surface area (Å²) in [7, 11) is 0. The van der Waals surface area contributed by atoms with Crippen LogP contribution < -0.4 is 20.9 Å². The van der Waals surface area contributed by atoms with E-state index in [0.29, 0.717) is 56.9 Å². The van der Waals surface area contributed by atoms with Gasteiger partial charge >= 0.3 is 12.4 Å². The Morgan fingerprint density at radius 1 is 0.950 bits per heavy atom. The molecule has 0 bridgehead atoms. The third-order valence-electron chi connectivity index (χ3n) is 7.55. The minimum Gasteiger partial charge on any atom is -0.356 e. The van der Waals surface area contributed by atoms with Crippen LogP contribution in [-0.4, -0.2) is 54.6 Å². The van der Waals surface area contributed by atoms with Crippen molar-refractivity contribution in [1.29, 1.82) is 0 Å². The number of anilines is 2. The Labute approximate surface area is 229 Å². The Hall–Kier alpha value is -3.09. The largest absolute Gasteiger partial charge is 0.451 e. The zero-order chi connectivity index (χ0) is 28.9. The highest BCUT2D eigenvalue weighted by atomic mass is 19.4. The second-order valence-electron chi connectivity index (χ2n) is 10.4. The van der Waals surface area contributed by atoms with Crippen molar-refractivity contribution < 1.29 is 31.1 Å². The number of piperidine rings is 1. The predicted molar refractivity (Wildman–Crippen MR) is 139 cm³/mol. The van der Waals surface area contributed by atoms with Crippen LogP contribution in [0.15, 0.2) is 30.3 Å². The molecule has 0 radical (unpaired) electrons. The van der Waals surface area contributed by atoms with Gasteiger partial charge in [-0.25, -0.2) is 9.97 Å². The molecule has 0 aliphatic carbocycles. The van der Waals surface area contributed by atoms with Gasteiger partial charge in [0.2, 0.25) is 11.7 Å². The number of rotatable bonds is 9. The molecule has 2 aliphatic rings. The van der Waals surface area contributed by atoms with E-state index in [-0.39, 0.29) is 24.1 Å². The number of halogens is 6. The summed E-state index contributed by atoms with van der Waals surface area (Å²) in [6.45, 7) is 2.32. The molecule has 1 aromatic heterocycles. The van der Waals surface area contributed by atoms with Gasteiger partial charge in [0, 0.05) is 32.2 Å². The molecule has 13 heteroatoms. The van der Waals surface area contributed by atoms with E-state index in [9.17, 15) is 31.1 Å². The van der Waals surface area contributed by atoms with Gasteiger partial charge in [-0.05, 0) is 75.1 Å². The lowest BCUT2D eigenvalue weighted by Crippen LogP contribution is -2.44. The van der Waals surface area contributed by atoms with E-state index < -0.39 is 29.8 Å². The van der Waals surface area contributed by atoms with Crippen molar-refractivity contribution >= 4 is 17.5 Å². The molecule has 2 aromatic rings. The average molecular weight is 573 g/mol. The summed E-state index contributed by atoms with van der Waals surface area (Å²) in [6, 6.07) is 5.52. The Balaban J connectivity index is 1.43. The van der Waals surface area contributed by atoms with E-state index in [1.54, 1.807) is 4.90 Å². The second-order valence-corrected chi connectivity index (χ2v) is 10.4. The lowest BCUT2D eigenvalue weighted by molar-refractivity contribution is -0.144. The number of nitrogens with zero attached hydrogens (tertiary/aromatic N) is 4. The van der Waals surface area contributed by atoms with E-state index in [0.717, 1.165) is 37.8 Å². The van der Waals surface area contributed by atoms with E-state index >= 15 is 0 Å². The van der Waals surface area contributed by atoms with Crippen molar-refractivity contribution in [1.82, 2.24) is 15.3 Å². The number of alkyl halides is 6. The fourth-order valence-corrected chi connectivity index (χ4v) is 5.34. The van der Waals surface area contributed by atoms with Crippen molar-refractivity contribution in [2.45, 2.75) is 63.3 Å². The summed E-state index contributed by atoms with van der Waals surface area (Å²) in [5.74, 6) is -0.860. The van der Waals surface area contributed by atoms with Crippen LogP contribution in [0.25, 0.3) is 0 Å². The maximum Gasteiger partial charge on any atom is 0.451 e. The molecule has 0 saturated carbocycles. The first-order valence-corrected chi connectivity index (χ1v) is 13.6. The molecule has 1 amide bonds. The highest BCUT2D eigenvalue weighted by Crippen LogP contribution is 2.34. The van der Waals surface area contributed by atoms with E-state index in [1.807, 2.05) is 4.90 Å². The molecule has 3 N–H and O–H groups in total. The molecule has 1 aromatic carbocycles. The van der Waals surface area contributed by atoms with Crippen LogP contribution in [0.1, 0.15) is 55.5 Å². The normalized spacial score (nSPS) is 18.8. The van der Waals surface area contributed by atoms with Gasteiger partial charge in [-0.1, -0.05) is 12.1 Å². The molecule has 0 spiro atoms. The summed E-state index contributed by atoms with van der Waals surface area (Å²) in [6.07, 6.45) is -4.21. The molecule has 2 aliphatic heterocycles. The zero-order valence-corrected chi connectivity index (χ0v) is 22.1. The first kappa shape index (κ1) is 29.9. The van der Waals surface area contributed by atoms with E-state index in [2.05, 4.69) is 15.3 Å². The third-order valence-corrected chi connectivity index (χ3v) is 7.55. The van der Waals surface area contributed by atoms with Gasteiger partial charge in [-0.2, -0.15) is 26.3 Å². The van der Waals surface area contributed by atoms with Gasteiger partial charge in [-0.3, -0.25) is 4.79 Å². The minimum atomic E-state index is -4.75. The summed E-state index contributed by atoms with van der Waals surface area (Å²) >= 11 is 0. The molecule has 40 heavy (non-hydrogen) atoms. The first-order valence-electron chi connectivity index (χ1n) is 13.6. The lowest BCUT2D eigenvalue weighted by Gasteiger charge is -2.34. The number of carbonyl (C=O) groups is 1. The fraction of sp³-hybridized carbons (Fsp3) is 0.593. The summed E-state index contributed by atoms with van der Waals surface area (Å²) in [5, 5.41) is 2.77. The molecule has 2 fully saturated rings. The Morgan fingerprint density at radius 2 is 1.62 bits per heavy atom. The van der Waals surface area contributed by atoms with Crippen LogP contribution in [0.2, 0.25) is 0 Å². The highest BCUT2D eigenvalue weighted by Gasteiger charge is 2.39. The Bertz CT molecular complexity index is 1130. The van der Waals surface area contributed by atoms with Gasteiger partial charge in [0.15, 0.2) is 0 Å². The third kappa shape index (κ3) is 7.55. The molecular formula is C27H34F6N6O. The van der Waals surface area contributed by atoms with Crippen LogP contribution in [-0.2, 0) is 23.6 Å². The molecule has 7 nitrogen and oxygen atoms in total. The molecule has 1 atom stereocenters. The van der Waals surface area contributed by atoms with Gasteiger partial charge in [0.05, 0.1) is 5.56 Å². The number of benzene rings is 1. The summed E-state index contributed by atoms with van der Waals surface area (Å²) in [4.78, 5) is 24.1. The number of nitrogens with one attached hydrogen (secondary N) is 1. The van der Waals surface area contributed by atoms with E-state index in [4.69, 9.17) is 5.73 Å². The smallest absolute Gasteiger partial charge is 0.356 e. The lowest BCUT2D eigenvalue weighted by atomic mass is 9.92. The molecule has 3 heterocycles. The van der Waals surface area contributed by atoms with Crippen LogP contribution in [0.4, 0.5) is 38.0 Å². The van der Waals surface area contributed by atoms with Crippen molar-refractivity contribution in [2.24, 2.45) is 11.7 Å². The quantitative estimate of drug-likeness (QED) is 0.420. The number of hydrogen-bond acceptors (Lipinski definition) is 6. The number of amides is 1. The Kier molecular flexibility index (Phi) is 9.42.